The molecule has 1 amide bonds. The Kier molecular flexibility index (Phi) is 6.22. The van der Waals surface area contributed by atoms with Crippen molar-refractivity contribution in [2.24, 2.45) is 0 Å². The van der Waals surface area contributed by atoms with Crippen molar-refractivity contribution in [2.75, 3.05) is 18.6 Å². The van der Waals surface area contributed by atoms with Crippen molar-refractivity contribution in [3.8, 4) is 0 Å². The first kappa shape index (κ1) is 17.2. The lowest BCUT2D eigenvalue weighted by Crippen LogP contribution is -2.29. The number of aryl methyl sites for hydroxylation is 1. The molecule has 6 nitrogen and oxygen atoms in total. The summed E-state index contributed by atoms with van der Waals surface area (Å²) in [4.78, 5) is 11.9. The maximum Gasteiger partial charge on any atom is 0.267 e. The van der Waals surface area contributed by atoms with Crippen LogP contribution in [0.3, 0.4) is 0 Å². The second kappa shape index (κ2) is 7.24. The molecule has 1 aromatic rings. The number of hydrogen-bond acceptors (Lipinski definition) is 4. The van der Waals surface area contributed by atoms with E-state index in [0.717, 1.165) is 6.42 Å². The van der Waals surface area contributed by atoms with Crippen molar-refractivity contribution < 1.29 is 17.4 Å². The molecule has 0 spiro atoms. The number of carbonyl (C=O) groups is 1. The number of nitrogens with zero attached hydrogens (tertiary/aromatic N) is 1. The van der Waals surface area contributed by atoms with Crippen LogP contribution in [-0.2, 0) is 26.4 Å². The Morgan fingerprint density at radius 1 is 1.50 bits per heavy atom. The van der Waals surface area contributed by atoms with Crippen LogP contribution in [0.15, 0.2) is 17.2 Å². The van der Waals surface area contributed by atoms with Crippen molar-refractivity contribution in [1.29, 1.82) is 0 Å². The molecule has 1 N–H and O–H groups in total. The molecule has 114 valence electrons. The van der Waals surface area contributed by atoms with Gasteiger partial charge in [-0.1, -0.05) is 6.92 Å². The second-order valence-electron chi connectivity index (χ2n) is 4.23. The molecular formula is C11H17ClN2O4S2. The van der Waals surface area contributed by atoms with Gasteiger partial charge in [0.25, 0.3) is 15.0 Å². The molecule has 0 aliphatic rings. The van der Waals surface area contributed by atoms with Gasteiger partial charge in [-0.25, -0.2) is 8.42 Å². The average molecular weight is 341 g/mol. The van der Waals surface area contributed by atoms with Gasteiger partial charge in [0.15, 0.2) is 0 Å². The molecule has 1 rings (SSSR count). The van der Waals surface area contributed by atoms with Crippen LogP contribution < -0.4 is 5.32 Å². The van der Waals surface area contributed by atoms with E-state index in [0.29, 0.717) is 12.3 Å². The summed E-state index contributed by atoms with van der Waals surface area (Å²) < 4.78 is 35.1. The van der Waals surface area contributed by atoms with E-state index >= 15 is 0 Å². The summed E-state index contributed by atoms with van der Waals surface area (Å²) in [6, 6.07) is 1.25. The number of nitrogens with one attached hydrogen (secondary N) is 1. The number of hydrogen-bond donors (Lipinski definition) is 1. The van der Waals surface area contributed by atoms with Crippen LogP contribution in [0.1, 0.15) is 23.8 Å². The number of aromatic nitrogens is 1. The van der Waals surface area contributed by atoms with Crippen LogP contribution in [0.4, 0.5) is 0 Å². The third-order valence-corrected chi connectivity index (χ3v) is 4.63. The van der Waals surface area contributed by atoms with Crippen molar-refractivity contribution in [3.63, 3.8) is 0 Å². The molecule has 1 heterocycles. The molecule has 0 fully saturated rings. The van der Waals surface area contributed by atoms with E-state index in [2.05, 4.69) is 5.32 Å². The Hall–Kier alpha value is -0.860. The highest BCUT2D eigenvalue weighted by Crippen LogP contribution is 2.19. The lowest BCUT2D eigenvalue weighted by atomic mass is 10.4. The van der Waals surface area contributed by atoms with E-state index in [4.69, 9.17) is 10.7 Å². The molecule has 0 saturated carbocycles. The third kappa shape index (κ3) is 4.92. The molecule has 1 unspecified atom stereocenters. The molecule has 0 aromatic carbocycles. The molecule has 9 heteroatoms. The van der Waals surface area contributed by atoms with Crippen LogP contribution in [-0.4, -0.2) is 41.7 Å². The zero-order valence-corrected chi connectivity index (χ0v) is 13.6. The lowest BCUT2D eigenvalue weighted by Gasteiger charge is -2.07. The highest BCUT2D eigenvalue weighted by atomic mass is 35.7. The molecular weight excluding hydrogens is 324 g/mol. The van der Waals surface area contributed by atoms with Crippen LogP contribution in [0.5, 0.6) is 0 Å². The minimum atomic E-state index is -3.87. The second-order valence-corrected chi connectivity index (χ2v) is 8.35. The van der Waals surface area contributed by atoms with Gasteiger partial charge >= 0.3 is 0 Å². The van der Waals surface area contributed by atoms with Crippen molar-refractivity contribution in [1.82, 2.24) is 9.88 Å². The van der Waals surface area contributed by atoms with E-state index < -0.39 is 25.8 Å². The summed E-state index contributed by atoms with van der Waals surface area (Å²) in [6.07, 6.45) is 3.64. The predicted molar refractivity (Wildman–Crippen MR) is 79.0 cm³/mol. The van der Waals surface area contributed by atoms with E-state index in [-0.39, 0.29) is 17.1 Å². The zero-order chi connectivity index (χ0) is 15.3. The Bertz CT molecular complexity index is 610. The van der Waals surface area contributed by atoms with Gasteiger partial charge in [-0.05, 0) is 12.5 Å². The van der Waals surface area contributed by atoms with Gasteiger partial charge < -0.3 is 9.88 Å². The van der Waals surface area contributed by atoms with Crippen molar-refractivity contribution >= 4 is 36.4 Å². The Balaban J connectivity index is 2.94. The topological polar surface area (TPSA) is 85.2 Å². The minimum Gasteiger partial charge on any atom is -0.350 e. The first-order valence-corrected chi connectivity index (χ1v) is 10.0. The number of halogens is 1. The summed E-state index contributed by atoms with van der Waals surface area (Å²) in [5.41, 5.74) is 0.230. The van der Waals surface area contributed by atoms with Crippen molar-refractivity contribution in [2.45, 2.75) is 24.8 Å². The lowest BCUT2D eigenvalue weighted by molar-refractivity contribution is 0.0946. The number of carbonyl (C=O) groups excluding carboxylic acids is 1. The fraction of sp³-hybridized carbons (Fsp3) is 0.545. The molecule has 1 atom stereocenters. The van der Waals surface area contributed by atoms with Gasteiger partial charge in [-0.2, -0.15) is 0 Å². The normalized spacial score (nSPS) is 13.2. The molecule has 1 aromatic heterocycles. The average Bonchev–Trinajstić information content (AvgIpc) is 2.72. The molecule has 20 heavy (non-hydrogen) atoms. The summed E-state index contributed by atoms with van der Waals surface area (Å²) in [5.74, 6) is -0.0589. The van der Waals surface area contributed by atoms with E-state index in [1.807, 2.05) is 6.92 Å². The van der Waals surface area contributed by atoms with Gasteiger partial charge in [-0.3, -0.25) is 9.00 Å². The van der Waals surface area contributed by atoms with Crippen LogP contribution >= 0.6 is 10.7 Å². The van der Waals surface area contributed by atoms with E-state index in [1.54, 1.807) is 10.8 Å². The third-order valence-electron chi connectivity index (χ3n) is 2.53. The van der Waals surface area contributed by atoms with Crippen LogP contribution in [0, 0.1) is 0 Å². The highest BCUT2D eigenvalue weighted by molar-refractivity contribution is 8.13. The molecule has 0 aliphatic heterocycles. The van der Waals surface area contributed by atoms with Gasteiger partial charge in [0, 0.05) is 52.8 Å². The maximum atomic E-state index is 12.0. The van der Waals surface area contributed by atoms with Gasteiger partial charge in [0.1, 0.15) is 10.6 Å². The predicted octanol–water partition coefficient (Wildman–Crippen LogP) is 0.934. The number of rotatable bonds is 7. The van der Waals surface area contributed by atoms with Crippen molar-refractivity contribution in [3.05, 3.63) is 18.0 Å². The Morgan fingerprint density at radius 3 is 2.65 bits per heavy atom. The monoisotopic (exact) mass is 340 g/mol. The standard InChI is InChI=1S/C11H17ClN2O4S2/c1-3-5-14-8-9(20(12,17)18)7-10(14)11(15)13-4-6-19(2)16/h7-8H,3-6H2,1-2H3,(H,13,15). The largest absolute Gasteiger partial charge is 0.350 e. The molecule has 0 saturated heterocycles. The SMILES string of the molecule is CCCn1cc(S(=O)(=O)Cl)cc1C(=O)NCCS(C)=O. The summed E-state index contributed by atoms with van der Waals surface area (Å²) in [6.45, 7) is 2.69. The first-order valence-electron chi connectivity index (χ1n) is 5.98. The first-order chi connectivity index (χ1) is 9.25. The van der Waals surface area contributed by atoms with E-state index in [1.165, 1.54) is 12.3 Å². The van der Waals surface area contributed by atoms with Gasteiger partial charge in [0.05, 0.1) is 0 Å². The zero-order valence-electron chi connectivity index (χ0n) is 11.3. The Labute approximate surface area is 125 Å². The maximum absolute atomic E-state index is 12.0. The molecule has 0 bridgehead atoms. The fourth-order valence-corrected chi connectivity index (χ4v) is 2.78. The minimum absolute atomic E-state index is 0.100. The summed E-state index contributed by atoms with van der Waals surface area (Å²) >= 11 is 0. The quantitative estimate of drug-likeness (QED) is 0.748. The molecule has 0 radical (unpaired) electrons. The number of amides is 1. The summed E-state index contributed by atoms with van der Waals surface area (Å²) in [7, 11) is 0.420. The van der Waals surface area contributed by atoms with Gasteiger partial charge in [-0.15, -0.1) is 0 Å². The summed E-state index contributed by atoms with van der Waals surface area (Å²) in [5, 5.41) is 2.60. The Morgan fingerprint density at radius 2 is 2.15 bits per heavy atom. The van der Waals surface area contributed by atoms with Gasteiger partial charge in [0.2, 0.25) is 0 Å². The molecule has 0 aliphatic carbocycles. The van der Waals surface area contributed by atoms with E-state index in [9.17, 15) is 17.4 Å². The van der Waals surface area contributed by atoms with Crippen LogP contribution in [0.2, 0.25) is 0 Å². The van der Waals surface area contributed by atoms with Crippen LogP contribution in [0.25, 0.3) is 0 Å². The highest BCUT2D eigenvalue weighted by Gasteiger charge is 2.19. The smallest absolute Gasteiger partial charge is 0.267 e. The fourth-order valence-electron chi connectivity index (χ4n) is 1.63.